The first-order chi connectivity index (χ1) is 9.61. The highest BCUT2D eigenvalue weighted by atomic mass is 32.2. The molecule has 20 heavy (non-hydrogen) atoms. The Morgan fingerprint density at radius 3 is 2.30 bits per heavy atom. The Hall–Kier alpha value is -1.85. The highest BCUT2D eigenvalue weighted by molar-refractivity contribution is 7.98. The van der Waals surface area contributed by atoms with Crippen molar-refractivity contribution in [1.29, 1.82) is 0 Å². The van der Waals surface area contributed by atoms with E-state index in [1.54, 1.807) is 36.0 Å². The van der Waals surface area contributed by atoms with E-state index in [2.05, 4.69) is 5.32 Å². The summed E-state index contributed by atoms with van der Waals surface area (Å²) in [5.74, 6) is -0.152. The topological polar surface area (TPSA) is 55.1 Å². The van der Waals surface area contributed by atoms with E-state index in [4.69, 9.17) is 18.0 Å². The number of amides is 1. The number of benzene rings is 2. The maximum Gasteiger partial charge on any atom is 0.255 e. The van der Waals surface area contributed by atoms with Crippen molar-refractivity contribution in [1.82, 2.24) is 0 Å². The summed E-state index contributed by atoms with van der Waals surface area (Å²) in [6.07, 6.45) is 1.97. The highest BCUT2D eigenvalue weighted by Crippen LogP contribution is 2.25. The van der Waals surface area contributed by atoms with E-state index in [0.29, 0.717) is 10.6 Å². The molecule has 0 aliphatic carbocycles. The third-order valence-corrected chi connectivity index (χ3v) is 3.82. The van der Waals surface area contributed by atoms with Gasteiger partial charge < -0.3 is 11.1 Å². The molecule has 102 valence electrons. The molecule has 0 saturated carbocycles. The van der Waals surface area contributed by atoms with Gasteiger partial charge in [0.2, 0.25) is 0 Å². The van der Waals surface area contributed by atoms with Crippen LogP contribution in [0.5, 0.6) is 0 Å². The molecule has 2 aromatic carbocycles. The van der Waals surface area contributed by atoms with Crippen molar-refractivity contribution >= 4 is 40.6 Å². The Bertz CT molecular complexity index is 639. The van der Waals surface area contributed by atoms with E-state index in [-0.39, 0.29) is 5.91 Å². The fourth-order valence-electron chi connectivity index (χ4n) is 1.73. The van der Waals surface area contributed by atoms with Crippen molar-refractivity contribution in [3.8, 4) is 0 Å². The first-order valence-electron chi connectivity index (χ1n) is 5.96. The fourth-order valence-corrected chi connectivity index (χ4v) is 2.42. The summed E-state index contributed by atoms with van der Waals surface area (Å²) in [6, 6.07) is 14.6. The minimum atomic E-state index is -0.152. The van der Waals surface area contributed by atoms with Crippen LogP contribution in [-0.4, -0.2) is 17.2 Å². The number of rotatable bonds is 4. The van der Waals surface area contributed by atoms with Gasteiger partial charge in [0.1, 0.15) is 4.99 Å². The van der Waals surface area contributed by atoms with E-state index in [1.165, 1.54) is 0 Å². The van der Waals surface area contributed by atoms with Gasteiger partial charge in [-0.25, -0.2) is 0 Å². The lowest BCUT2D eigenvalue weighted by Gasteiger charge is -2.09. The minimum Gasteiger partial charge on any atom is -0.389 e. The van der Waals surface area contributed by atoms with Gasteiger partial charge >= 0.3 is 0 Å². The van der Waals surface area contributed by atoms with Crippen molar-refractivity contribution in [2.75, 3.05) is 11.6 Å². The van der Waals surface area contributed by atoms with Crippen molar-refractivity contribution in [3.05, 3.63) is 59.7 Å². The van der Waals surface area contributed by atoms with Crippen molar-refractivity contribution in [3.63, 3.8) is 0 Å². The molecule has 0 aromatic heterocycles. The zero-order valence-corrected chi connectivity index (χ0v) is 12.6. The maximum absolute atomic E-state index is 12.2. The fraction of sp³-hybridized carbons (Fsp3) is 0.0667. The van der Waals surface area contributed by atoms with E-state index < -0.39 is 0 Å². The number of nitrogens with two attached hydrogens (primary N) is 1. The lowest BCUT2D eigenvalue weighted by molar-refractivity contribution is 0.102. The molecule has 0 atom stereocenters. The lowest BCUT2D eigenvalue weighted by Crippen LogP contribution is -2.14. The average molecular weight is 302 g/mol. The number of nitrogens with one attached hydrogen (secondary N) is 1. The lowest BCUT2D eigenvalue weighted by atomic mass is 10.1. The van der Waals surface area contributed by atoms with Gasteiger partial charge in [-0.2, -0.15) is 0 Å². The SMILES string of the molecule is CSc1ccccc1NC(=O)c1ccc(C(N)=S)cc1. The van der Waals surface area contributed by atoms with Crippen LogP contribution in [0.2, 0.25) is 0 Å². The molecule has 0 fully saturated rings. The third kappa shape index (κ3) is 3.37. The van der Waals surface area contributed by atoms with Crippen LogP contribution in [0, 0.1) is 0 Å². The van der Waals surface area contributed by atoms with Crippen LogP contribution in [0.3, 0.4) is 0 Å². The maximum atomic E-state index is 12.2. The number of para-hydroxylation sites is 1. The predicted octanol–water partition coefficient (Wildman–Crippen LogP) is 3.30. The molecule has 0 radical (unpaired) electrons. The molecule has 0 spiro atoms. The number of carbonyl (C=O) groups is 1. The van der Waals surface area contributed by atoms with Crippen LogP contribution < -0.4 is 11.1 Å². The summed E-state index contributed by atoms with van der Waals surface area (Å²) >= 11 is 6.47. The molecule has 0 heterocycles. The van der Waals surface area contributed by atoms with Gasteiger partial charge in [0.25, 0.3) is 5.91 Å². The smallest absolute Gasteiger partial charge is 0.255 e. The summed E-state index contributed by atoms with van der Waals surface area (Å²) < 4.78 is 0. The van der Waals surface area contributed by atoms with E-state index in [9.17, 15) is 4.79 Å². The van der Waals surface area contributed by atoms with Crippen molar-refractivity contribution in [2.24, 2.45) is 5.73 Å². The molecule has 0 aliphatic heterocycles. The molecule has 0 unspecified atom stereocenters. The average Bonchev–Trinajstić information content (AvgIpc) is 2.48. The second-order valence-corrected chi connectivity index (χ2v) is 5.38. The minimum absolute atomic E-state index is 0.152. The van der Waals surface area contributed by atoms with Crippen LogP contribution in [0.25, 0.3) is 0 Å². The van der Waals surface area contributed by atoms with Gasteiger partial charge in [-0.15, -0.1) is 11.8 Å². The van der Waals surface area contributed by atoms with Crippen LogP contribution in [-0.2, 0) is 0 Å². The quantitative estimate of drug-likeness (QED) is 0.672. The number of thioether (sulfide) groups is 1. The molecule has 5 heteroatoms. The van der Waals surface area contributed by atoms with Crippen LogP contribution in [0.1, 0.15) is 15.9 Å². The Morgan fingerprint density at radius 2 is 1.70 bits per heavy atom. The van der Waals surface area contributed by atoms with Gasteiger partial charge in [0, 0.05) is 16.0 Å². The Kier molecular flexibility index (Phi) is 4.76. The second kappa shape index (κ2) is 6.54. The Balaban J connectivity index is 2.17. The molecule has 0 saturated heterocycles. The number of thiocarbonyl (C=S) groups is 1. The van der Waals surface area contributed by atoms with Crippen molar-refractivity contribution < 1.29 is 4.79 Å². The van der Waals surface area contributed by atoms with Gasteiger partial charge in [-0.1, -0.05) is 36.5 Å². The molecule has 2 rings (SSSR count). The van der Waals surface area contributed by atoms with Crippen LogP contribution in [0.15, 0.2) is 53.4 Å². The van der Waals surface area contributed by atoms with Crippen LogP contribution >= 0.6 is 24.0 Å². The molecular formula is C15H14N2OS2. The molecular weight excluding hydrogens is 288 g/mol. The van der Waals surface area contributed by atoms with Gasteiger partial charge in [-0.3, -0.25) is 4.79 Å². The second-order valence-electron chi connectivity index (χ2n) is 4.10. The molecule has 3 N–H and O–H groups in total. The normalized spacial score (nSPS) is 10.1. The van der Waals surface area contributed by atoms with E-state index in [0.717, 1.165) is 16.1 Å². The first kappa shape index (κ1) is 14.6. The molecule has 3 nitrogen and oxygen atoms in total. The summed E-state index contributed by atoms with van der Waals surface area (Å²) in [5.41, 5.74) is 7.66. The number of anilines is 1. The summed E-state index contributed by atoms with van der Waals surface area (Å²) in [6.45, 7) is 0. The summed E-state index contributed by atoms with van der Waals surface area (Å²) in [7, 11) is 0. The van der Waals surface area contributed by atoms with E-state index >= 15 is 0 Å². The molecule has 0 bridgehead atoms. The number of hydrogen-bond acceptors (Lipinski definition) is 3. The molecule has 1 amide bonds. The summed E-state index contributed by atoms with van der Waals surface area (Å²) in [4.78, 5) is 13.5. The molecule has 2 aromatic rings. The monoisotopic (exact) mass is 302 g/mol. The van der Waals surface area contributed by atoms with Gasteiger partial charge in [0.05, 0.1) is 5.69 Å². The Morgan fingerprint density at radius 1 is 1.10 bits per heavy atom. The van der Waals surface area contributed by atoms with Crippen molar-refractivity contribution in [2.45, 2.75) is 4.90 Å². The predicted molar refractivity (Wildman–Crippen MR) is 88.5 cm³/mol. The van der Waals surface area contributed by atoms with E-state index in [1.807, 2.05) is 30.5 Å². The molecule has 0 aliphatic rings. The zero-order valence-electron chi connectivity index (χ0n) is 10.9. The Labute approximate surface area is 127 Å². The largest absolute Gasteiger partial charge is 0.389 e. The summed E-state index contributed by atoms with van der Waals surface area (Å²) in [5, 5.41) is 2.90. The number of carbonyl (C=O) groups excluding carboxylic acids is 1. The van der Waals surface area contributed by atoms with Gasteiger partial charge in [-0.05, 0) is 30.5 Å². The number of hydrogen-bond donors (Lipinski definition) is 2. The zero-order chi connectivity index (χ0) is 14.5. The standard InChI is InChI=1S/C15H14N2OS2/c1-20-13-5-3-2-4-12(13)17-15(18)11-8-6-10(7-9-11)14(16)19/h2-9H,1H3,(H2,16,19)(H,17,18). The third-order valence-electron chi connectivity index (χ3n) is 2.79. The van der Waals surface area contributed by atoms with Gasteiger partial charge in [0.15, 0.2) is 0 Å². The van der Waals surface area contributed by atoms with Crippen LogP contribution in [0.4, 0.5) is 5.69 Å². The highest BCUT2D eigenvalue weighted by Gasteiger charge is 2.08. The first-order valence-corrected chi connectivity index (χ1v) is 7.59.